The molecule has 26 heavy (non-hydrogen) atoms. The van der Waals surface area contributed by atoms with Crippen LogP contribution in [0.3, 0.4) is 0 Å². The molecular formula is C18H34N4O4. The fraction of sp³-hybridized carbons (Fsp3) is 0.889. The van der Waals surface area contributed by atoms with Crippen molar-refractivity contribution in [2.75, 3.05) is 59.5 Å². The van der Waals surface area contributed by atoms with E-state index >= 15 is 0 Å². The van der Waals surface area contributed by atoms with Gasteiger partial charge in [0.25, 0.3) is 0 Å². The van der Waals surface area contributed by atoms with Crippen molar-refractivity contribution in [3.63, 3.8) is 0 Å². The average Bonchev–Trinajstić information content (AvgIpc) is 2.56. The lowest BCUT2D eigenvalue weighted by molar-refractivity contribution is -0.121. The van der Waals surface area contributed by atoms with E-state index in [0.717, 1.165) is 45.6 Å². The predicted molar refractivity (Wildman–Crippen MR) is 99.0 cm³/mol. The summed E-state index contributed by atoms with van der Waals surface area (Å²) >= 11 is 0. The molecule has 2 rings (SSSR count). The second-order valence-electron chi connectivity index (χ2n) is 7.49. The monoisotopic (exact) mass is 370 g/mol. The van der Waals surface area contributed by atoms with E-state index < -0.39 is 6.03 Å². The minimum Gasteiger partial charge on any atom is -0.383 e. The summed E-state index contributed by atoms with van der Waals surface area (Å²) in [4.78, 5) is 28.2. The summed E-state index contributed by atoms with van der Waals surface area (Å²) in [5.41, 5.74) is 0. The van der Waals surface area contributed by atoms with Crippen LogP contribution in [0.5, 0.6) is 0 Å². The maximum Gasteiger partial charge on any atom is 0.321 e. The Morgan fingerprint density at radius 2 is 1.77 bits per heavy atom. The second-order valence-corrected chi connectivity index (χ2v) is 7.49. The van der Waals surface area contributed by atoms with Crippen molar-refractivity contribution < 1.29 is 19.1 Å². The van der Waals surface area contributed by atoms with Crippen molar-refractivity contribution in [3.05, 3.63) is 0 Å². The number of nitrogens with one attached hydrogen (secondary N) is 2. The van der Waals surface area contributed by atoms with Crippen molar-refractivity contribution in [2.45, 2.75) is 38.9 Å². The first-order valence-electron chi connectivity index (χ1n) is 9.63. The lowest BCUT2D eigenvalue weighted by Crippen LogP contribution is -2.49. The SMILES string of the molecule is COCCNC(=O)NC(=O)CN1CCC(CN2CC(C)OC(C)C2)CC1. The number of carbonyl (C=O) groups excluding carboxylic acids is 2. The highest BCUT2D eigenvalue weighted by molar-refractivity contribution is 5.95. The maximum atomic E-state index is 12.0. The van der Waals surface area contributed by atoms with Gasteiger partial charge in [0.15, 0.2) is 0 Å². The van der Waals surface area contributed by atoms with Crippen molar-refractivity contribution in [1.29, 1.82) is 0 Å². The molecule has 2 unspecified atom stereocenters. The van der Waals surface area contributed by atoms with Crippen LogP contribution in [0, 0.1) is 5.92 Å². The van der Waals surface area contributed by atoms with Gasteiger partial charge in [-0.25, -0.2) is 4.79 Å². The molecule has 2 heterocycles. The lowest BCUT2D eigenvalue weighted by atomic mass is 9.95. The molecule has 0 aromatic heterocycles. The number of imide groups is 1. The first-order chi connectivity index (χ1) is 12.5. The number of hydrogen-bond acceptors (Lipinski definition) is 6. The average molecular weight is 370 g/mol. The van der Waals surface area contributed by atoms with Crippen LogP contribution in [-0.4, -0.2) is 93.5 Å². The predicted octanol–water partition coefficient (Wildman–Crippen LogP) is 0.280. The summed E-state index contributed by atoms with van der Waals surface area (Å²) < 4.78 is 10.6. The van der Waals surface area contributed by atoms with Gasteiger partial charge in [0.2, 0.25) is 5.91 Å². The summed E-state index contributed by atoms with van der Waals surface area (Å²) in [6.07, 6.45) is 2.79. The Bertz CT molecular complexity index is 444. The van der Waals surface area contributed by atoms with E-state index in [1.807, 2.05) is 0 Å². The Balaban J connectivity index is 1.62. The topological polar surface area (TPSA) is 83.1 Å². The highest BCUT2D eigenvalue weighted by Gasteiger charge is 2.27. The Morgan fingerprint density at radius 1 is 1.12 bits per heavy atom. The molecule has 0 spiro atoms. The van der Waals surface area contributed by atoms with Crippen LogP contribution in [0.15, 0.2) is 0 Å². The van der Waals surface area contributed by atoms with Crippen molar-refractivity contribution >= 4 is 11.9 Å². The molecule has 0 bridgehead atoms. The fourth-order valence-electron chi connectivity index (χ4n) is 3.81. The minimum absolute atomic E-state index is 0.255. The molecular weight excluding hydrogens is 336 g/mol. The zero-order valence-corrected chi connectivity index (χ0v) is 16.3. The first-order valence-corrected chi connectivity index (χ1v) is 9.63. The summed E-state index contributed by atoms with van der Waals surface area (Å²) in [5, 5.41) is 4.95. The normalized spacial score (nSPS) is 25.8. The number of ether oxygens (including phenoxy) is 2. The van der Waals surface area contributed by atoms with Gasteiger partial charge in [-0.15, -0.1) is 0 Å². The van der Waals surface area contributed by atoms with Crippen LogP contribution in [0.1, 0.15) is 26.7 Å². The van der Waals surface area contributed by atoms with Gasteiger partial charge in [-0.05, 0) is 45.7 Å². The van der Waals surface area contributed by atoms with Gasteiger partial charge >= 0.3 is 6.03 Å². The van der Waals surface area contributed by atoms with E-state index in [0.29, 0.717) is 31.3 Å². The molecule has 0 saturated carbocycles. The van der Waals surface area contributed by atoms with E-state index in [1.54, 1.807) is 7.11 Å². The molecule has 2 N–H and O–H groups in total. The van der Waals surface area contributed by atoms with E-state index in [-0.39, 0.29) is 12.5 Å². The van der Waals surface area contributed by atoms with Gasteiger partial charge in [0, 0.05) is 33.3 Å². The van der Waals surface area contributed by atoms with Crippen LogP contribution in [0.4, 0.5) is 4.79 Å². The molecule has 8 heteroatoms. The molecule has 8 nitrogen and oxygen atoms in total. The number of hydrogen-bond donors (Lipinski definition) is 2. The number of piperidine rings is 1. The summed E-state index contributed by atoms with van der Waals surface area (Å²) in [6.45, 7) is 10.3. The molecule has 2 fully saturated rings. The molecule has 3 amide bonds. The van der Waals surface area contributed by atoms with Gasteiger partial charge in [0.1, 0.15) is 0 Å². The van der Waals surface area contributed by atoms with Crippen molar-refractivity contribution in [1.82, 2.24) is 20.4 Å². The Hall–Kier alpha value is -1.22. The molecule has 150 valence electrons. The zero-order valence-electron chi connectivity index (χ0n) is 16.3. The number of likely N-dealkylation sites (tertiary alicyclic amines) is 1. The molecule has 2 saturated heterocycles. The zero-order chi connectivity index (χ0) is 18.9. The van der Waals surface area contributed by atoms with Crippen molar-refractivity contribution in [2.24, 2.45) is 5.92 Å². The number of nitrogens with zero attached hydrogens (tertiary/aromatic N) is 2. The molecule has 0 aromatic rings. The first kappa shape index (κ1) is 21.1. The number of methoxy groups -OCH3 is 1. The van der Waals surface area contributed by atoms with E-state index in [4.69, 9.17) is 9.47 Å². The minimum atomic E-state index is -0.461. The van der Waals surface area contributed by atoms with Crippen LogP contribution in [0.2, 0.25) is 0 Å². The Kier molecular flexibility index (Phi) is 8.77. The summed E-state index contributed by atoms with van der Waals surface area (Å²) in [7, 11) is 1.56. The number of urea groups is 1. The Labute approximate surface area is 156 Å². The standard InChI is InChI=1S/C18H34N4O4/c1-14-10-22(11-15(2)26-14)12-16-4-7-21(8-5-16)13-17(23)20-18(24)19-6-9-25-3/h14-16H,4-13H2,1-3H3,(H2,19,20,23,24). The van der Waals surface area contributed by atoms with Crippen LogP contribution in [-0.2, 0) is 14.3 Å². The number of morpholine rings is 1. The third kappa shape index (κ3) is 7.57. The fourth-order valence-corrected chi connectivity index (χ4v) is 3.81. The molecule has 2 aliphatic heterocycles. The third-order valence-electron chi connectivity index (χ3n) is 4.93. The third-order valence-corrected chi connectivity index (χ3v) is 4.93. The lowest BCUT2D eigenvalue weighted by Gasteiger charge is -2.39. The smallest absolute Gasteiger partial charge is 0.321 e. The number of carbonyl (C=O) groups is 2. The van der Waals surface area contributed by atoms with E-state index in [9.17, 15) is 9.59 Å². The van der Waals surface area contributed by atoms with Gasteiger partial charge < -0.3 is 14.8 Å². The highest BCUT2D eigenvalue weighted by atomic mass is 16.5. The highest BCUT2D eigenvalue weighted by Crippen LogP contribution is 2.20. The molecule has 2 atom stereocenters. The van der Waals surface area contributed by atoms with E-state index in [1.165, 1.54) is 0 Å². The number of rotatable bonds is 7. The number of amides is 3. The molecule has 2 aliphatic rings. The van der Waals surface area contributed by atoms with Crippen LogP contribution >= 0.6 is 0 Å². The van der Waals surface area contributed by atoms with Crippen molar-refractivity contribution in [3.8, 4) is 0 Å². The quantitative estimate of drug-likeness (QED) is 0.627. The second kappa shape index (κ2) is 10.8. The molecule has 0 radical (unpaired) electrons. The van der Waals surface area contributed by atoms with Gasteiger partial charge in [0.05, 0.1) is 25.4 Å². The van der Waals surface area contributed by atoms with Gasteiger partial charge in [-0.2, -0.15) is 0 Å². The largest absolute Gasteiger partial charge is 0.383 e. The Morgan fingerprint density at radius 3 is 2.38 bits per heavy atom. The van der Waals surface area contributed by atoms with Gasteiger partial charge in [-0.3, -0.25) is 19.9 Å². The molecule has 0 aromatic carbocycles. The van der Waals surface area contributed by atoms with Gasteiger partial charge in [-0.1, -0.05) is 0 Å². The van der Waals surface area contributed by atoms with Crippen LogP contribution in [0.25, 0.3) is 0 Å². The van der Waals surface area contributed by atoms with Crippen LogP contribution < -0.4 is 10.6 Å². The van der Waals surface area contributed by atoms with E-state index in [2.05, 4.69) is 34.3 Å². The molecule has 0 aliphatic carbocycles. The maximum absolute atomic E-state index is 12.0. The summed E-state index contributed by atoms with van der Waals surface area (Å²) in [6, 6.07) is -0.461. The summed E-state index contributed by atoms with van der Waals surface area (Å²) in [5.74, 6) is 0.415.